The summed E-state index contributed by atoms with van der Waals surface area (Å²) in [4.78, 5) is -0.145. The number of fused-ring (bicyclic) bond motifs is 1. The summed E-state index contributed by atoms with van der Waals surface area (Å²) in [5.41, 5.74) is 0. The molecule has 0 atom stereocenters. The maximum Gasteiger partial charge on any atom is 0.125 e. The van der Waals surface area contributed by atoms with Crippen molar-refractivity contribution in [1.82, 2.24) is 0 Å². The van der Waals surface area contributed by atoms with Crippen molar-refractivity contribution >= 4 is 88.7 Å². The predicted molar refractivity (Wildman–Crippen MR) is 90.1 cm³/mol. The van der Waals surface area contributed by atoms with Gasteiger partial charge in [-0.15, -0.1) is 0 Å². The molecule has 7 heteroatoms. The van der Waals surface area contributed by atoms with Crippen LogP contribution in [0.5, 0.6) is 0 Å². The van der Waals surface area contributed by atoms with Crippen LogP contribution in [-0.2, 0) is 10.1 Å². The van der Waals surface area contributed by atoms with Crippen molar-refractivity contribution in [3.05, 3.63) is 35.0 Å². The van der Waals surface area contributed by atoms with E-state index in [9.17, 15) is 13.0 Å². The molecule has 0 radical (unpaired) electrons. The lowest BCUT2D eigenvalue weighted by Gasteiger charge is -2.13. The van der Waals surface area contributed by atoms with Gasteiger partial charge in [0.15, 0.2) is 0 Å². The standard InChI is InChI=1S/C10H5I3O3S/c11-5-1-2-6-7(3-5)10(13)8(12)4-9(6)17(14,15)16/h1-4H,(H,14,15,16)/p-1. The van der Waals surface area contributed by atoms with E-state index < -0.39 is 10.1 Å². The van der Waals surface area contributed by atoms with E-state index in [2.05, 4.69) is 45.2 Å². The molecular weight excluding hydrogens is 581 g/mol. The molecule has 2 aromatic rings. The first-order valence-electron chi connectivity index (χ1n) is 4.34. The highest BCUT2D eigenvalue weighted by atomic mass is 127. The largest absolute Gasteiger partial charge is 0.744 e. The Bertz CT molecular complexity index is 710. The average molecular weight is 585 g/mol. The molecule has 90 valence electrons. The topological polar surface area (TPSA) is 57.2 Å². The fraction of sp³-hybridized carbons (Fsp3) is 0. The van der Waals surface area contributed by atoms with Crippen molar-refractivity contribution < 1.29 is 13.0 Å². The van der Waals surface area contributed by atoms with Gasteiger partial charge in [-0.3, -0.25) is 0 Å². The zero-order chi connectivity index (χ0) is 12.8. The first-order valence-corrected chi connectivity index (χ1v) is 8.98. The molecule has 0 N–H and O–H groups in total. The molecule has 0 fully saturated rings. The Hall–Kier alpha value is 0.800. The molecule has 0 unspecified atom stereocenters. The van der Waals surface area contributed by atoms with Gasteiger partial charge in [0.25, 0.3) is 0 Å². The maximum absolute atomic E-state index is 11.2. The highest BCUT2D eigenvalue weighted by molar-refractivity contribution is 14.1. The van der Waals surface area contributed by atoms with Gasteiger partial charge >= 0.3 is 0 Å². The normalized spacial score (nSPS) is 12.0. The molecule has 2 rings (SSSR count). The van der Waals surface area contributed by atoms with Crippen LogP contribution in [0.15, 0.2) is 29.2 Å². The second kappa shape index (κ2) is 5.06. The minimum absolute atomic E-state index is 0.145. The third-order valence-electron chi connectivity index (χ3n) is 2.22. The zero-order valence-corrected chi connectivity index (χ0v) is 15.4. The number of rotatable bonds is 1. The summed E-state index contributed by atoms with van der Waals surface area (Å²) in [5.74, 6) is 0. The minimum atomic E-state index is -4.44. The molecule has 2 aromatic carbocycles. The van der Waals surface area contributed by atoms with E-state index in [1.807, 2.05) is 28.7 Å². The van der Waals surface area contributed by atoms with Crippen molar-refractivity contribution in [2.45, 2.75) is 4.90 Å². The van der Waals surface area contributed by atoms with Gasteiger partial charge in [0.05, 0.1) is 4.90 Å². The molecule has 0 aromatic heterocycles. The smallest absolute Gasteiger partial charge is 0.125 e. The SMILES string of the molecule is O=S(=O)([O-])c1cc(I)c(I)c2cc(I)ccc12. The summed E-state index contributed by atoms with van der Waals surface area (Å²) in [6, 6.07) is 6.79. The maximum atomic E-state index is 11.2. The number of benzene rings is 2. The van der Waals surface area contributed by atoms with Crippen LogP contribution in [0.4, 0.5) is 0 Å². The van der Waals surface area contributed by atoms with Gasteiger partial charge in [0.1, 0.15) is 10.1 Å². The summed E-state index contributed by atoms with van der Waals surface area (Å²) < 4.78 is 36.4. The van der Waals surface area contributed by atoms with E-state index in [0.29, 0.717) is 5.39 Å². The predicted octanol–water partition coefficient (Wildman–Crippen LogP) is 3.56. The molecule has 0 amide bonds. The molecule has 3 nitrogen and oxygen atoms in total. The molecule has 0 bridgehead atoms. The van der Waals surface area contributed by atoms with Crippen LogP contribution >= 0.6 is 67.8 Å². The second-order valence-corrected chi connectivity index (χ2v) is 8.15. The molecule has 0 saturated carbocycles. The Kier molecular flexibility index (Phi) is 4.23. The quantitative estimate of drug-likeness (QED) is 0.381. The fourth-order valence-electron chi connectivity index (χ4n) is 1.50. The van der Waals surface area contributed by atoms with E-state index in [-0.39, 0.29) is 4.90 Å². The van der Waals surface area contributed by atoms with E-state index >= 15 is 0 Å². The van der Waals surface area contributed by atoms with Crippen LogP contribution < -0.4 is 0 Å². The Balaban J connectivity index is 3.03. The summed E-state index contributed by atoms with van der Waals surface area (Å²) in [6.45, 7) is 0. The van der Waals surface area contributed by atoms with Crippen LogP contribution in [-0.4, -0.2) is 13.0 Å². The van der Waals surface area contributed by atoms with Crippen LogP contribution in [0.3, 0.4) is 0 Å². The van der Waals surface area contributed by atoms with Crippen molar-refractivity contribution in [2.75, 3.05) is 0 Å². The monoisotopic (exact) mass is 585 g/mol. The minimum Gasteiger partial charge on any atom is -0.744 e. The molecular formula is C10H4I3O3S-. The number of halogens is 3. The third-order valence-corrected chi connectivity index (χ3v) is 6.81. The average Bonchev–Trinajstić information content (AvgIpc) is 2.22. The van der Waals surface area contributed by atoms with Crippen LogP contribution in [0.1, 0.15) is 0 Å². The first kappa shape index (κ1) is 14.2. The van der Waals surface area contributed by atoms with Crippen molar-refractivity contribution in [1.29, 1.82) is 0 Å². The summed E-state index contributed by atoms with van der Waals surface area (Å²) in [7, 11) is -4.44. The van der Waals surface area contributed by atoms with E-state index in [1.165, 1.54) is 6.07 Å². The van der Waals surface area contributed by atoms with Gasteiger partial charge in [-0.25, -0.2) is 8.42 Å². The third kappa shape index (κ3) is 2.87. The second-order valence-electron chi connectivity index (χ2n) is 3.31. The number of hydrogen-bond acceptors (Lipinski definition) is 3. The summed E-state index contributed by atoms with van der Waals surface area (Å²) >= 11 is 6.35. The van der Waals surface area contributed by atoms with Crippen molar-refractivity contribution in [3.8, 4) is 0 Å². The Labute approximate surface area is 140 Å². The molecule has 17 heavy (non-hydrogen) atoms. The summed E-state index contributed by atoms with van der Waals surface area (Å²) in [5, 5.41) is 1.30. The van der Waals surface area contributed by atoms with Gasteiger partial charge in [-0.2, -0.15) is 0 Å². The highest BCUT2D eigenvalue weighted by Crippen LogP contribution is 2.32. The number of hydrogen-bond donors (Lipinski definition) is 0. The Morgan fingerprint density at radius 1 is 1.00 bits per heavy atom. The van der Waals surface area contributed by atoms with E-state index in [0.717, 1.165) is 16.1 Å². The lowest BCUT2D eigenvalue weighted by molar-refractivity contribution is 0.464. The van der Waals surface area contributed by atoms with Crippen molar-refractivity contribution in [3.63, 3.8) is 0 Å². The fourth-order valence-corrected chi connectivity index (χ4v) is 4.12. The van der Waals surface area contributed by atoms with Crippen LogP contribution in [0, 0.1) is 10.7 Å². The highest BCUT2D eigenvalue weighted by Gasteiger charge is 2.13. The lowest BCUT2D eigenvalue weighted by Crippen LogP contribution is -2.01. The Morgan fingerprint density at radius 3 is 2.24 bits per heavy atom. The van der Waals surface area contributed by atoms with Crippen molar-refractivity contribution in [2.24, 2.45) is 0 Å². The van der Waals surface area contributed by atoms with E-state index in [4.69, 9.17) is 0 Å². The summed E-state index contributed by atoms with van der Waals surface area (Å²) in [6.07, 6.45) is 0. The molecule has 0 aliphatic carbocycles. The van der Waals surface area contributed by atoms with Gasteiger partial charge < -0.3 is 4.55 Å². The first-order chi connectivity index (χ1) is 7.80. The molecule has 0 spiro atoms. The molecule has 0 aliphatic rings. The van der Waals surface area contributed by atoms with E-state index in [1.54, 1.807) is 12.1 Å². The van der Waals surface area contributed by atoms with Crippen LogP contribution in [0.2, 0.25) is 0 Å². The lowest BCUT2D eigenvalue weighted by atomic mass is 10.1. The van der Waals surface area contributed by atoms with Crippen LogP contribution in [0.25, 0.3) is 10.8 Å². The van der Waals surface area contributed by atoms with Gasteiger partial charge in [-0.05, 0) is 91.4 Å². The van der Waals surface area contributed by atoms with Gasteiger partial charge in [-0.1, -0.05) is 6.07 Å². The molecule has 0 heterocycles. The zero-order valence-electron chi connectivity index (χ0n) is 8.08. The Morgan fingerprint density at radius 2 is 1.65 bits per heavy atom. The van der Waals surface area contributed by atoms with Gasteiger partial charge in [0, 0.05) is 16.1 Å². The molecule has 0 saturated heterocycles. The van der Waals surface area contributed by atoms with Gasteiger partial charge in [0.2, 0.25) is 0 Å². The molecule has 0 aliphatic heterocycles.